The maximum absolute atomic E-state index is 13.9. The summed E-state index contributed by atoms with van der Waals surface area (Å²) in [6.45, 7) is 0.658. The lowest BCUT2D eigenvalue weighted by atomic mass is 9.91. The van der Waals surface area contributed by atoms with E-state index in [2.05, 4.69) is 20.8 Å². The van der Waals surface area contributed by atoms with Gasteiger partial charge in [0.2, 0.25) is 5.91 Å². The van der Waals surface area contributed by atoms with Gasteiger partial charge in [0.05, 0.1) is 11.3 Å². The predicted octanol–water partition coefficient (Wildman–Crippen LogP) is 5.37. The molecule has 1 aliphatic heterocycles. The van der Waals surface area contributed by atoms with Crippen molar-refractivity contribution in [1.29, 1.82) is 0 Å². The van der Waals surface area contributed by atoms with Gasteiger partial charge in [0.25, 0.3) is 5.91 Å². The number of carbonyl (C=O) groups is 3. The van der Waals surface area contributed by atoms with Gasteiger partial charge in [-0.1, -0.05) is 48.0 Å². The number of ether oxygens (including phenoxy) is 1. The van der Waals surface area contributed by atoms with E-state index in [-0.39, 0.29) is 18.0 Å². The molecule has 1 aliphatic rings. The van der Waals surface area contributed by atoms with Crippen LogP contribution in [0.5, 0.6) is 5.75 Å². The highest BCUT2D eigenvalue weighted by atomic mass is 35.5. The zero-order valence-corrected chi connectivity index (χ0v) is 25.0. The second-order valence-corrected chi connectivity index (χ2v) is 10.9. The van der Waals surface area contributed by atoms with Gasteiger partial charge in [0.1, 0.15) is 24.7 Å². The van der Waals surface area contributed by atoms with E-state index in [0.29, 0.717) is 46.3 Å². The van der Waals surface area contributed by atoms with Crippen LogP contribution in [-0.4, -0.2) is 54.5 Å². The van der Waals surface area contributed by atoms with Crippen molar-refractivity contribution in [1.82, 2.24) is 25.1 Å². The van der Waals surface area contributed by atoms with Crippen LogP contribution in [0.3, 0.4) is 0 Å². The molecule has 1 unspecified atom stereocenters. The van der Waals surface area contributed by atoms with Crippen LogP contribution in [0.15, 0.2) is 103 Å². The summed E-state index contributed by atoms with van der Waals surface area (Å²) in [5, 5.41) is 23.9. The van der Waals surface area contributed by atoms with Gasteiger partial charge in [-0.3, -0.25) is 9.59 Å². The summed E-state index contributed by atoms with van der Waals surface area (Å²) in [4.78, 5) is 40.4. The molecule has 0 aliphatic carbocycles. The molecular formula is C34H27ClN6O5. The fourth-order valence-corrected chi connectivity index (χ4v) is 5.44. The average molecular weight is 635 g/mol. The number of tetrazole rings is 1. The number of hydrogen-bond acceptors (Lipinski definition) is 7. The minimum absolute atomic E-state index is 0.0908. The Hall–Kier alpha value is -5.81. The van der Waals surface area contributed by atoms with Crippen LogP contribution in [0.2, 0.25) is 5.02 Å². The fourth-order valence-electron chi connectivity index (χ4n) is 5.26. The first-order valence-electron chi connectivity index (χ1n) is 14.3. The van der Waals surface area contributed by atoms with Crippen molar-refractivity contribution in [3.63, 3.8) is 0 Å². The number of carbonyl (C=O) groups excluding carboxylic acids is 2. The molecule has 0 saturated heterocycles. The van der Waals surface area contributed by atoms with Crippen molar-refractivity contribution in [3.05, 3.63) is 136 Å². The Morgan fingerprint density at radius 2 is 1.80 bits per heavy atom. The number of hydrogen-bond donors (Lipinski definition) is 2. The first-order chi connectivity index (χ1) is 22.4. The summed E-state index contributed by atoms with van der Waals surface area (Å²) in [6.07, 6.45) is 4.94. The van der Waals surface area contributed by atoms with Gasteiger partial charge >= 0.3 is 5.97 Å². The highest BCUT2D eigenvalue weighted by Gasteiger charge is 2.35. The molecule has 0 bridgehead atoms. The number of aromatic nitrogens is 4. The monoisotopic (exact) mass is 634 g/mol. The number of carboxylic acid groups (broad SMARTS) is 1. The Kier molecular flexibility index (Phi) is 8.84. The van der Waals surface area contributed by atoms with Gasteiger partial charge in [0, 0.05) is 28.9 Å². The van der Waals surface area contributed by atoms with E-state index >= 15 is 0 Å². The number of aromatic carboxylic acids is 1. The first kappa shape index (κ1) is 30.2. The Morgan fingerprint density at radius 1 is 1.00 bits per heavy atom. The fraction of sp³-hybridized carbons (Fsp3) is 0.118. The van der Waals surface area contributed by atoms with Crippen LogP contribution in [0.4, 0.5) is 5.69 Å². The van der Waals surface area contributed by atoms with Crippen molar-refractivity contribution in [2.45, 2.75) is 19.1 Å². The lowest BCUT2D eigenvalue weighted by Crippen LogP contribution is -2.44. The smallest absolute Gasteiger partial charge is 0.335 e. The van der Waals surface area contributed by atoms with Crippen molar-refractivity contribution < 1.29 is 24.2 Å². The van der Waals surface area contributed by atoms with E-state index in [0.717, 1.165) is 11.1 Å². The molecule has 6 rings (SSSR count). The van der Waals surface area contributed by atoms with Crippen LogP contribution >= 0.6 is 11.6 Å². The molecule has 0 spiro atoms. The quantitative estimate of drug-likeness (QED) is 0.206. The minimum atomic E-state index is -1.07. The van der Waals surface area contributed by atoms with Gasteiger partial charge in [-0.05, 0) is 94.2 Å². The maximum atomic E-state index is 13.9. The highest BCUT2D eigenvalue weighted by molar-refractivity contribution is 6.30. The predicted molar refractivity (Wildman–Crippen MR) is 171 cm³/mol. The molecule has 2 amide bonds. The van der Waals surface area contributed by atoms with Crippen molar-refractivity contribution >= 4 is 41.1 Å². The first-order valence-corrected chi connectivity index (χ1v) is 14.7. The molecule has 0 saturated carbocycles. The molecule has 4 aromatic carbocycles. The second-order valence-electron chi connectivity index (χ2n) is 10.5. The number of benzene rings is 4. The normalized spacial score (nSPS) is 14.1. The van der Waals surface area contributed by atoms with Crippen LogP contribution in [0.25, 0.3) is 11.8 Å². The number of anilines is 1. The van der Waals surface area contributed by atoms with Crippen LogP contribution < -0.4 is 10.1 Å². The molecule has 46 heavy (non-hydrogen) atoms. The number of carboxylic acids is 1. The maximum Gasteiger partial charge on any atom is 0.335 e. The highest BCUT2D eigenvalue weighted by Crippen LogP contribution is 2.34. The third-order valence-corrected chi connectivity index (χ3v) is 7.75. The third kappa shape index (κ3) is 6.79. The van der Waals surface area contributed by atoms with Gasteiger partial charge in [-0.15, -0.1) is 5.10 Å². The molecule has 0 fully saturated rings. The van der Waals surface area contributed by atoms with E-state index in [1.807, 2.05) is 42.5 Å². The van der Waals surface area contributed by atoms with E-state index in [1.165, 1.54) is 46.3 Å². The Labute approximate surface area is 268 Å². The summed E-state index contributed by atoms with van der Waals surface area (Å²) in [7, 11) is 0. The number of rotatable bonds is 9. The van der Waals surface area contributed by atoms with Crippen LogP contribution in [-0.2, 0) is 22.6 Å². The van der Waals surface area contributed by atoms with E-state index in [1.54, 1.807) is 30.3 Å². The number of amides is 2. The van der Waals surface area contributed by atoms with Gasteiger partial charge in [-0.2, -0.15) is 4.68 Å². The lowest BCUT2D eigenvalue weighted by molar-refractivity contribution is -0.135. The summed E-state index contributed by atoms with van der Waals surface area (Å²) < 4.78 is 7.49. The van der Waals surface area contributed by atoms with E-state index < -0.39 is 17.9 Å². The second kappa shape index (κ2) is 13.4. The number of nitrogens with one attached hydrogen (secondary N) is 1. The standard InChI is InChI=1S/C34H27ClN6O5/c35-26-9-14-30(41-21-36-38-39-41)25(18-26)8-15-31(42)40-17-16-24-19-28(46-20-22-4-2-1-3-5-22)12-13-29(24)32(40)33(43)37-27-10-6-23(7-11-27)34(44)45/h1-15,18-19,21,32H,16-17,20H2,(H,37,43)(H,44,45)/b15-8+. The summed E-state index contributed by atoms with van der Waals surface area (Å²) in [5.74, 6) is -1.25. The van der Waals surface area contributed by atoms with E-state index in [9.17, 15) is 19.5 Å². The third-order valence-electron chi connectivity index (χ3n) is 7.51. The Bertz CT molecular complexity index is 1910. The average Bonchev–Trinajstić information content (AvgIpc) is 3.61. The van der Waals surface area contributed by atoms with Crippen molar-refractivity contribution in [2.24, 2.45) is 0 Å². The largest absolute Gasteiger partial charge is 0.489 e. The van der Waals surface area contributed by atoms with Gasteiger partial charge in [-0.25, -0.2) is 4.79 Å². The zero-order valence-electron chi connectivity index (χ0n) is 24.3. The minimum Gasteiger partial charge on any atom is -0.489 e. The van der Waals surface area contributed by atoms with Crippen molar-refractivity contribution in [2.75, 3.05) is 11.9 Å². The van der Waals surface area contributed by atoms with Gasteiger partial charge in [0.15, 0.2) is 0 Å². The van der Waals surface area contributed by atoms with Gasteiger partial charge < -0.3 is 20.1 Å². The summed E-state index contributed by atoms with van der Waals surface area (Å²) >= 11 is 6.25. The molecule has 1 atom stereocenters. The summed E-state index contributed by atoms with van der Waals surface area (Å²) in [5.41, 5.74) is 4.28. The van der Waals surface area contributed by atoms with Crippen LogP contribution in [0, 0.1) is 0 Å². The zero-order chi connectivity index (χ0) is 32.0. The molecule has 2 heterocycles. The molecule has 230 valence electrons. The number of nitrogens with zero attached hydrogens (tertiary/aromatic N) is 5. The van der Waals surface area contributed by atoms with Crippen molar-refractivity contribution in [3.8, 4) is 11.4 Å². The lowest BCUT2D eigenvalue weighted by Gasteiger charge is -2.36. The molecule has 0 radical (unpaired) electrons. The Morgan fingerprint density at radius 3 is 2.54 bits per heavy atom. The number of fused-ring (bicyclic) bond motifs is 1. The molecule has 12 heteroatoms. The molecular weight excluding hydrogens is 608 g/mol. The molecule has 5 aromatic rings. The number of halogens is 1. The molecule has 2 N–H and O–H groups in total. The SMILES string of the molecule is O=C(O)c1ccc(NC(=O)C2c3ccc(OCc4ccccc4)cc3CCN2C(=O)/C=C/c2cc(Cl)ccc2-n2cnnn2)cc1. The molecule has 1 aromatic heterocycles. The summed E-state index contributed by atoms with van der Waals surface area (Å²) in [6, 6.07) is 25.3. The van der Waals surface area contributed by atoms with Crippen LogP contribution in [0.1, 0.15) is 38.7 Å². The topological polar surface area (TPSA) is 140 Å². The molecule has 11 nitrogen and oxygen atoms in total. The Balaban J connectivity index is 1.29. The van der Waals surface area contributed by atoms with E-state index in [4.69, 9.17) is 16.3 Å².